The van der Waals surface area contributed by atoms with Crippen LogP contribution in [0.5, 0.6) is 0 Å². The van der Waals surface area contributed by atoms with Gasteiger partial charge in [-0.15, -0.1) is 0 Å². The molecule has 1 radical (unpaired) electrons. The highest BCUT2D eigenvalue weighted by molar-refractivity contribution is 5.86. The van der Waals surface area contributed by atoms with E-state index in [1.54, 1.807) is 0 Å². The molecule has 1 heterocycles. The van der Waals surface area contributed by atoms with Gasteiger partial charge in [-0.25, -0.2) is 0 Å². The number of pyridine rings is 1. The van der Waals surface area contributed by atoms with Gasteiger partial charge in [-0.05, 0) is 65.9 Å². The second kappa shape index (κ2) is 5.93. The van der Waals surface area contributed by atoms with E-state index in [0.717, 1.165) is 5.52 Å². The van der Waals surface area contributed by atoms with E-state index in [-0.39, 0.29) is 0 Å². The van der Waals surface area contributed by atoms with Crippen molar-refractivity contribution < 1.29 is 0 Å². The molecule has 1 aromatic heterocycles. The van der Waals surface area contributed by atoms with Crippen molar-refractivity contribution >= 4 is 10.9 Å². The molecule has 0 atom stereocenters. The predicted molar refractivity (Wildman–Crippen MR) is 101 cm³/mol. The minimum atomic E-state index is 1.03. The molecule has 0 fully saturated rings. The number of nitrogens with zero attached hydrogens (tertiary/aromatic N) is 1. The van der Waals surface area contributed by atoms with Crippen molar-refractivity contribution in [3.05, 3.63) is 90.1 Å². The highest BCUT2D eigenvalue weighted by Gasteiger charge is 2.09. The topological polar surface area (TPSA) is 12.9 Å². The maximum Gasteiger partial charge on any atom is 0.0702 e. The first-order valence-electron chi connectivity index (χ1n) is 8.16. The van der Waals surface area contributed by atoms with Crippen molar-refractivity contribution in [1.29, 1.82) is 0 Å². The van der Waals surface area contributed by atoms with Crippen molar-refractivity contribution in [2.24, 2.45) is 0 Å². The Kier molecular flexibility index (Phi) is 3.62. The molecule has 115 valence electrons. The zero-order chi connectivity index (χ0) is 16.5. The first-order valence-corrected chi connectivity index (χ1v) is 8.16. The molecule has 0 aliphatic rings. The lowest BCUT2D eigenvalue weighted by molar-refractivity contribution is 1.40. The van der Waals surface area contributed by atoms with Crippen LogP contribution in [0.4, 0.5) is 0 Å². The molecule has 1 heteroatoms. The highest BCUT2D eigenvalue weighted by atomic mass is 14.6. The van der Waals surface area contributed by atoms with Crippen molar-refractivity contribution in [1.82, 2.24) is 4.98 Å². The molecule has 0 aliphatic heterocycles. The second-order valence-electron chi connectivity index (χ2n) is 6.17. The molecule has 0 saturated heterocycles. The molecule has 1 nitrogen and oxygen atoms in total. The Morgan fingerprint density at radius 2 is 1.62 bits per heavy atom. The van der Waals surface area contributed by atoms with Gasteiger partial charge in [0.1, 0.15) is 0 Å². The average molecular weight is 308 g/mol. The first-order chi connectivity index (χ1) is 11.7. The zero-order valence-electron chi connectivity index (χ0n) is 13.9. The lowest BCUT2D eigenvalue weighted by atomic mass is 9.92. The van der Waals surface area contributed by atoms with Crippen LogP contribution in [0, 0.1) is 19.9 Å². The number of hydrogen-bond donors (Lipinski definition) is 0. The minimum absolute atomic E-state index is 1.03. The maximum atomic E-state index is 4.41. The molecule has 4 rings (SSSR count). The normalized spacial score (nSPS) is 10.9. The van der Waals surface area contributed by atoms with E-state index >= 15 is 0 Å². The van der Waals surface area contributed by atoms with Gasteiger partial charge < -0.3 is 0 Å². The molecule has 0 bridgehead atoms. The third-order valence-electron chi connectivity index (χ3n) is 4.51. The predicted octanol–water partition coefficient (Wildman–Crippen LogP) is 5.99. The number of fused-ring (bicyclic) bond motifs is 1. The van der Waals surface area contributed by atoms with Gasteiger partial charge in [0, 0.05) is 11.6 Å². The summed E-state index contributed by atoms with van der Waals surface area (Å²) in [5.41, 5.74) is 8.39. The maximum absolute atomic E-state index is 4.41. The fourth-order valence-corrected chi connectivity index (χ4v) is 3.15. The molecule has 0 spiro atoms. The summed E-state index contributed by atoms with van der Waals surface area (Å²) in [7, 11) is 0. The fraction of sp³-hybridized carbons (Fsp3) is 0.0870. The number of aromatic nitrogens is 1. The van der Waals surface area contributed by atoms with E-state index in [1.165, 1.54) is 38.8 Å². The summed E-state index contributed by atoms with van der Waals surface area (Å²) in [6.45, 7) is 4.29. The van der Waals surface area contributed by atoms with E-state index in [9.17, 15) is 0 Å². The van der Waals surface area contributed by atoms with Gasteiger partial charge in [0.05, 0.1) is 5.52 Å². The molecular weight excluding hydrogens is 290 g/mol. The van der Waals surface area contributed by atoms with Crippen LogP contribution in [0.1, 0.15) is 11.1 Å². The smallest absolute Gasteiger partial charge is 0.0702 e. The summed E-state index contributed by atoms with van der Waals surface area (Å²) in [5, 5.41) is 1.17. The van der Waals surface area contributed by atoms with Crippen molar-refractivity contribution in [2.75, 3.05) is 0 Å². The Balaban J connectivity index is 1.86. The Hall–Kier alpha value is -2.93. The summed E-state index contributed by atoms with van der Waals surface area (Å²) in [6, 6.07) is 26.7. The van der Waals surface area contributed by atoms with Crippen LogP contribution in [0.25, 0.3) is 33.2 Å². The summed E-state index contributed by atoms with van der Waals surface area (Å²) in [5.74, 6) is 0. The fourth-order valence-electron chi connectivity index (χ4n) is 3.15. The molecule has 0 amide bonds. The molecule has 0 N–H and O–H groups in total. The molecular formula is C23H18N. The van der Waals surface area contributed by atoms with Crippen LogP contribution in [0.3, 0.4) is 0 Å². The van der Waals surface area contributed by atoms with Gasteiger partial charge in [-0.1, -0.05) is 54.1 Å². The first kappa shape index (κ1) is 14.6. The molecule has 0 saturated carbocycles. The van der Waals surface area contributed by atoms with E-state index in [2.05, 4.69) is 79.5 Å². The van der Waals surface area contributed by atoms with Crippen molar-refractivity contribution in [3.8, 4) is 22.3 Å². The van der Waals surface area contributed by atoms with Crippen LogP contribution < -0.4 is 0 Å². The van der Waals surface area contributed by atoms with E-state index in [0.29, 0.717) is 0 Å². The second-order valence-corrected chi connectivity index (χ2v) is 6.17. The van der Waals surface area contributed by atoms with E-state index in [1.807, 2.05) is 18.3 Å². The number of hydrogen-bond acceptors (Lipinski definition) is 1. The largest absolute Gasteiger partial charge is 0.256 e. The van der Waals surface area contributed by atoms with Crippen LogP contribution in [0.2, 0.25) is 0 Å². The van der Waals surface area contributed by atoms with E-state index < -0.39 is 0 Å². The van der Waals surface area contributed by atoms with Gasteiger partial charge in [0.25, 0.3) is 0 Å². The van der Waals surface area contributed by atoms with Gasteiger partial charge in [-0.3, -0.25) is 4.98 Å². The quantitative estimate of drug-likeness (QED) is 0.443. The molecule has 0 aliphatic carbocycles. The molecule has 4 aromatic rings. The molecule has 24 heavy (non-hydrogen) atoms. The number of rotatable bonds is 2. The summed E-state index contributed by atoms with van der Waals surface area (Å²) in [6.07, 6.45) is 1.83. The lowest BCUT2D eigenvalue weighted by Crippen LogP contribution is -1.89. The minimum Gasteiger partial charge on any atom is -0.256 e. The van der Waals surface area contributed by atoms with Crippen LogP contribution in [0.15, 0.2) is 72.9 Å². The lowest BCUT2D eigenvalue weighted by Gasteiger charge is -2.12. The average Bonchev–Trinajstić information content (AvgIpc) is 2.62. The summed E-state index contributed by atoms with van der Waals surface area (Å²) < 4.78 is 0. The SMILES string of the molecule is Cc1ccc(-c2[c]ccc(-c3ccc4ncccc4c3)c2C)cc1. The van der Waals surface area contributed by atoms with Crippen LogP contribution in [-0.4, -0.2) is 4.98 Å². The third-order valence-corrected chi connectivity index (χ3v) is 4.51. The van der Waals surface area contributed by atoms with E-state index in [4.69, 9.17) is 0 Å². The number of benzene rings is 3. The Bertz CT molecular complexity index is 1010. The van der Waals surface area contributed by atoms with Gasteiger partial charge in [0.15, 0.2) is 0 Å². The molecule has 0 unspecified atom stereocenters. The van der Waals surface area contributed by atoms with Crippen LogP contribution >= 0.6 is 0 Å². The highest BCUT2D eigenvalue weighted by Crippen LogP contribution is 2.32. The van der Waals surface area contributed by atoms with Gasteiger partial charge >= 0.3 is 0 Å². The van der Waals surface area contributed by atoms with Gasteiger partial charge in [0.2, 0.25) is 0 Å². The standard InChI is InChI=1S/C23H18N/c1-16-8-10-18(11-9-16)21-6-3-7-22(17(21)2)19-12-13-23-20(15-19)5-4-14-24-23/h3-5,7-15H,1-2H3. The Labute approximate surface area is 142 Å². The zero-order valence-corrected chi connectivity index (χ0v) is 13.9. The Morgan fingerprint density at radius 1 is 0.833 bits per heavy atom. The summed E-state index contributed by atoms with van der Waals surface area (Å²) >= 11 is 0. The summed E-state index contributed by atoms with van der Waals surface area (Å²) in [4.78, 5) is 4.41. The number of aryl methyl sites for hydroxylation is 1. The van der Waals surface area contributed by atoms with Crippen molar-refractivity contribution in [2.45, 2.75) is 13.8 Å². The van der Waals surface area contributed by atoms with Gasteiger partial charge in [-0.2, -0.15) is 0 Å². The van der Waals surface area contributed by atoms with Crippen molar-refractivity contribution in [3.63, 3.8) is 0 Å². The van der Waals surface area contributed by atoms with Crippen LogP contribution in [-0.2, 0) is 0 Å². The third kappa shape index (κ3) is 2.59. The monoisotopic (exact) mass is 308 g/mol. The Morgan fingerprint density at radius 3 is 2.46 bits per heavy atom. The molecule has 3 aromatic carbocycles.